The van der Waals surface area contributed by atoms with Gasteiger partial charge in [-0.15, -0.1) is 0 Å². The topological polar surface area (TPSA) is 108 Å². The average Bonchev–Trinajstić information content (AvgIpc) is 3.54. The number of carbonyl (C=O) groups is 1. The van der Waals surface area contributed by atoms with Crippen LogP contribution in [0.3, 0.4) is 0 Å². The van der Waals surface area contributed by atoms with Crippen LogP contribution in [-0.2, 0) is 0 Å². The SMILES string of the molecule is Cc1noc(-c2ccc(-c3ccc(C4CC4)cc3)cc2)c1Nc1cccc(C#CC2CCCC2)n1.O=C(O)O. The van der Waals surface area contributed by atoms with Gasteiger partial charge in [0.15, 0.2) is 5.76 Å². The molecule has 0 saturated heterocycles. The number of benzene rings is 2. The van der Waals surface area contributed by atoms with Crippen molar-refractivity contribution in [3.8, 4) is 34.3 Å². The standard InChI is InChI=1S/C31H29N3O.CH2O3/c1-21-30(33-29-8-4-7-28(32-29)20-9-22-5-2-3-6-22)31(35-34-21)27-18-16-26(17-19-27)25-14-12-24(13-15-25)23-10-11-23;2-1(3)4/h4,7-8,12-19,22-23H,2-3,5-6,10-11H2,1H3,(H,32,33);(H2,2,3,4). The van der Waals surface area contributed by atoms with Gasteiger partial charge in [0.1, 0.15) is 22.9 Å². The monoisotopic (exact) mass is 521 g/mol. The van der Waals surface area contributed by atoms with Gasteiger partial charge in [-0.25, -0.2) is 9.78 Å². The van der Waals surface area contributed by atoms with Gasteiger partial charge in [0, 0.05) is 11.5 Å². The minimum atomic E-state index is -1.83. The molecule has 2 fully saturated rings. The van der Waals surface area contributed by atoms with Crippen molar-refractivity contribution in [2.45, 2.75) is 51.4 Å². The molecule has 4 aromatic rings. The fourth-order valence-corrected chi connectivity index (χ4v) is 4.84. The molecule has 0 radical (unpaired) electrons. The van der Waals surface area contributed by atoms with Crippen LogP contribution in [0.25, 0.3) is 22.5 Å². The van der Waals surface area contributed by atoms with Crippen LogP contribution in [0, 0.1) is 24.7 Å². The first-order chi connectivity index (χ1) is 19.0. The number of hydrogen-bond acceptors (Lipinski definition) is 5. The highest BCUT2D eigenvalue weighted by Crippen LogP contribution is 2.40. The largest absolute Gasteiger partial charge is 0.503 e. The highest BCUT2D eigenvalue weighted by molar-refractivity contribution is 5.79. The molecule has 7 nitrogen and oxygen atoms in total. The molecule has 0 bridgehead atoms. The number of aryl methyl sites for hydroxylation is 1. The zero-order chi connectivity index (χ0) is 27.2. The summed E-state index contributed by atoms with van der Waals surface area (Å²) in [5.74, 6) is 9.40. The Kier molecular flexibility index (Phi) is 7.93. The van der Waals surface area contributed by atoms with E-state index in [2.05, 4.69) is 70.8 Å². The van der Waals surface area contributed by atoms with E-state index in [9.17, 15) is 0 Å². The lowest BCUT2D eigenvalue weighted by Crippen LogP contribution is -1.97. The third kappa shape index (κ3) is 6.85. The van der Waals surface area contributed by atoms with Crippen molar-refractivity contribution in [1.82, 2.24) is 10.1 Å². The Balaban J connectivity index is 0.000000723. The Labute approximate surface area is 227 Å². The summed E-state index contributed by atoms with van der Waals surface area (Å²) in [6, 6.07) is 23.3. The Morgan fingerprint density at radius 2 is 1.51 bits per heavy atom. The fraction of sp³-hybridized carbons (Fsp3) is 0.281. The summed E-state index contributed by atoms with van der Waals surface area (Å²) in [5, 5.41) is 21.6. The summed E-state index contributed by atoms with van der Waals surface area (Å²) >= 11 is 0. The van der Waals surface area contributed by atoms with Crippen molar-refractivity contribution >= 4 is 17.7 Å². The van der Waals surface area contributed by atoms with Crippen molar-refractivity contribution in [1.29, 1.82) is 0 Å². The van der Waals surface area contributed by atoms with Gasteiger partial charge in [-0.1, -0.05) is 78.5 Å². The van der Waals surface area contributed by atoms with Crippen LogP contribution in [0.2, 0.25) is 0 Å². The van der Waals surface area contributed by atoms with Crippen molar-refractivity contribution in [3.05, 3.63) is 83.7 Å². The minimum absolute atomic E-state index is 0.513. The summed E-state index contributed by atoms with van der Waals surface area (Å²) < 4.78 is 5.73. The van der Waals surface area contributed by atoms with Gasteiger partial charge in [-0.3, -0.25) is 0 Å². The third-order valence-corrected chi connectivity index (χ3v) is 7.06. The molecule has 0 spiro atoms. The molecule has 2 heterocycles. The quantitative estimate of drug-likeness (QED) is 0.228. The summed E-state index contributed by atoms with van der Waals surface area (Å²) in [6.07, 6.45) is 5.82. The molecule has 2 aromatic carbocycles. The van der Waals surface area contributed by atoms with E-state index in [-0.39, 0.29) is 0 Å². The highest BCUT2D eigenvalue weighted by atomic mass is 16.6. The molecule has 2 aliphatic rings. The number of anilines is 2. The molecule has 0 aliphatic heterocycles. The van der Waals surface area contributed by atoms with Crippen molar-refractivity contribution in [2.24, 2.45) is 5.92 Å². The molecule has 3 N–H and O–H groups in total. The van der Waals surface area contributed by atoms with Crippen molar-refractivity contribution in [3.63, 3.8) is 0 Å². The minimum Gasteiger partial charge on any atom is -0.450 e. The first-order valence-electron chi connectivity index (χ1n) is 13.3. The lowest BCUT2D eigenvalue weighted by atomic mass is 10.0. The van der Waals surface area contributed by atoms with Gasteiger partial charge in [0.25, 0.3) is 0 Å². The molecular weight excluding hydrogens is 490 g/mol. The van der Waals surface area contributed by atoms with Gasteiger partial charge in [-0.05, 0) is 73.3 Å². The molecule has 198 valence electrons. The molecule has 2 aromatic heterocycles. The van der Waals surface area contributed by atoms with E-state index in [1.54, 1.807) is 0 Å². The van der Waals surface area contributed by atoms with E-state index < -0.39 is 6.16 Å². The first-order valence-corrected chi connectivity index (χ1v) is 13.3. The second-order valence-corrected chi connectivity index (χ2v) is 10.0. The predicted molar refractivity (Wildman–Crippen MR) is 151 cm³/mol. The number of hydrogen-bond donors (Lipinski definition) is 3. The maximum absolute atomic E-state index is 8.56. The molecule has 7 heteroatoms. The average molecular weight is 522 g/mol. The number of aromatic nitrogens is 2. The molecule has 0 amide bonds. The lowest BCUT2D eigenvalue weighted by molar-refractivity contribution is 0.137. The van der Waals surface area contributed by atoms with E-state index in [1.807, 2.05) is 25.1 Å². The van der Waals surface area contributed by atoms with Crippen LogP contribution in [0.1, 0.15) is 61.4 Å². The van der Waals surface area contributed by atoms with E-state index >= 15 is 0 Å². The van der Waals surface area contributed by atoms with Gasteiger partial charge >= 0.3 is 6.16 Å². The number of carboxylic acid groups (broad SMARTS) is 2. The summed E-state index contributed by atoms with van der Waals surface area (Å²) in [4.78, 5) is 13.3. The molecule has 0 atom stereocenters. The Morgan fingerprint density at radius 3 is 2.15 bits per heavy atom. The van der Waals surface area contributed by atoms with Crippen LogP contribution >= 0.6 is 0 Å². The highest BCUT2D eigenvalue weighted by Gasteiger charge is 2.23. The zero-order valence-electron chi connectivity index (χ0n) is 21.9. The Morgan fingerprint density at radius 1 is 0.897 bits per heavy atom. The van der Waals surface area contributed by atoms with Crippen LogP contribution in [0.15, 0.2) is 71.3 Å². The maximum Gasteiger partial charge on any atom is 0.503 e. The van der Waals surface area contributed by atoms with E-state index in [0.29, 0.717) is 11.7 Å². The fourth-order valence-electron chi connectivity index (χ4n) is 4.84. The van der Waals surface area contributed by atoms with E-state index in [1.165, 1.54) is 55.2 Å². The molecule has 39 heavy (non-hydrogen) atoms. The molecule has 2 saturated carbocycles. The molecule has 6 rings (SSSR count). The van der Waals surface area contributed by atoms with Crippen LogP contribution in [0.4, 0.5) is 16.3 Å². The van der Waals surface area contributed by atoms with Crippen molar-refractivity contribution < 1.29 is 19.5 Å². The second kappa shape index (κ2) is 11.9. The normalized spacial score (nSPS) is 14.6. The van der Waals surface area contributed by atoms with Gasteiger partial charge in [0.2, 0.25) is 0 Å². The summed E-state index contributed by atoms with van der Waals surface area (Å²) in [5.41, 5.74) is 7.27. The third-order valence-electron chi connectivity index (χ3n) is 7.06. The van der Waals surface area contributed by atoms with E-state index in [0.717, 1.165) is 34.4 Å². The number of nitrogens with one attached hydrogen (secondary N) is 1. The summed E-state index contributed by atoms with van der Waals surface area (Å²) in [7, 11) is 0. The number of rotatable bonds is 5. The lowest BCUT2D eigenvalue weighted by Gasteiger charge is -2.08. The van der Waals surface area contributed by atoms with Crippen LogP contribution < -0.4 is 5.32 Å². The molecule has 0 unspecified atom stereocenters. The second-order valence-electron chi connectivity index (χ2n) is 10.0. The smallest absolute Gasteiger partial charge is 0.450 e. The van der Waals surface area contributed by atoms with Crippen LogP contribution in [0.5, 0.6) is 0 Å². The summed E-state index contributed by atoms with van der Waals surface area (Å²) in [6.45, 7) is 1.94. The number of pyridine rings is 1. The predicted octanol–water partition coefficient (Wildman–Crippen LogP) is 8.10. The molecular formula is C32H31N3O4. The van der Waals surface area contributed by atoms with Gasteiger partial charge in [0.05, 0.1) is 0 Å². The Hall–Kier alpha value is -4.57. The van der Waals surface area contributed by atoms with Gasteiger partial charge in [-0.2, -0.15) is 0 Å². The maximum atomic E-state index is 8.56. The first kappa shape index (κ1) is 26.1. The van der Waals surface area contributed by atoms with Gasteiger partial charge < -0.3 is 20.1 Å². The number of nitrogens with zero attached hydrogens (tertiary/aromatic N) is 2. The zero-order valence-corrected chi connectivity index (χ0v) is 21.9. The Bertz CT molecular complexity index is 1480. The van der Waals surface area contributed by atoms with Crippen LogP contribution in [-0.4, -0.2) is 26.5 Å². The van der Waals surface area contributed by atoms with E-state index in [4.69, 9.17) is 24.5 Å². The van der Waals surface area contributed by atoms with Crippen molar-refractivity contribution in [2.75, 3.05) is 5.32 Å². The molecule has 2 aliphatic carbocycles.